The molecule has 4 nitrogen and oxygen atoms in total. The fourth-order valence-corrected chi connectivity index (χ4v) is 2.09. The summed E-state index contributed by atoms with van der Waals surface area (Å²) in [6, 6.07) is 6.48. The van der Waals surface area contributed by atoms with Crippen LogP contribution in [0.25, 0.3) is 0 Å². The number of hydrogen-bond acceptors (Lipinski definition) is 3. The van der Waals surface area contributed by atoms with Gasteiger partial charge in [-0.15, -0.1) is 0 Å². The Bertz CT molecular complexity index is 518. The third-order valence-electron chi connectivity index (χ3n) is 3.15. The number of hydrogen-bond donors (Lipinski definition) is 1. The second kappa shape index (κ2) is 7.77. The Morgan fingerprint density at radius 1 is 1.22 bits per heavy atom. The van der Waals surface area contributed by atoms with Crippen molar-refractivity contribution < 1.29 is 13.9 Å². The standard InChI is InChI=1S/C18H29FN2O2/c1-17(2,3)21(16(22)23-18(4,5)6)11-10-20-13-14-8-7-9-15(19)12-14/h7-9,12,20H,10-11,13H2,1-6H3. The number of nitrogens with zero attached hydrogens (tertiary/aromatic N) is 1. The molecule has 1 N–H and O–H groups in total. The lowest BCUT2D eigenvalue weighted by atomic mass is 10.1. The highest BCUT2D eigenvalue weighted by atomic mass is 19.1. The van der Waals surface area contributed by atoms with Gasteiger partial charge in [0.15, 0.2) is 0 Å². The lowest BCUT2D eigenvalue weighted by molar-refractivity contribution is 0.00663. The van der Waals surface area contributed by atoms with Crippen LogP contribution in [0.4, 0.5) is 9.18 Å². The minimum Gasteiger partial charge on any atom is -0.444 e. The first-order valence-corrected chi connectivity index (χ1v) is 7.95. The monoisotopic (exact) mass is 324 g/mol. The molecule has 0 aliphatic rings. The van der Waals surface area contributed by atoms with Gasteiger partial charge in [0, 0.05) is 25.2 Å². The Labute approximate surface area is 139 Å². The van der Waals surface area contributed by atoms with Crippen molar-refractivity contribution in [2.24, 2.45) is 0 Å². The third kappa shape index (κ3) is 7.46. The van der Waals surface area contributed by atoms with E-state index in [0.29, 0.717) is 19.6 Å². The fraction of sp³-hybridized carbons (Fsp3) is 0.611. The molecule has 0 atom stereocenters. The van der Waals surface area contributed by atoms with E-state index in [4.69, 9.17) is 4.74 Å². The SMILES string of the molecule is CC(C)(C)OC(=O)N(CCNCc1cccc(F)c1)C(C)(C)C. The molecule has 130 valence electrons. The maximum Gasteiger partial charge on any atom is 0.410 e. The zero-order chi connectivity index (χ0) is 17.7. The van der Waals surface area contributed by atoms with Crippen LogP contribution >= 0.6 is 0 Å². The van der Waals surface area contributed by atoms with Crippen molar-refractivity contribution in [2.75, 3.05) is 13.1 Å². The lowest BCUT2D eigenvalue weighted by Crippen LogP contribution is -2.50. The van der Waals surface area contributed by atoms with E-state index in [-0.39, 0.29) is 17.4 Å². The molecular formula is C18H29FN2O2. The first kappa shape index (κ1) is 19.4. The van der Waals surface area contributed by atoms with Crippen LogP contribution in [-0.4, -0.2) is 35.2 Å². The molecule has 0 saturated carbocycles. The summed E-state index contributed by atoms with van der Waals surface area (Å²) in [7, 11) is 0. The zero-order valence-corrected chi connectivity index (χ0v) is 15.1. The number of carbonyl (C=O) groups excluding carboxylic acids is 1. The molecule has 1 rings (SSSR count). The largest absolute Gasteiger partial charge is 0.444 e. The van der Waals surface area contributed by atoms with Gasteiger partial charge < -0.3 is 15.0 Å². The van der Waals surface area contributed by atoms with Crippen molar-refractivity contribution in [3.63, 3.8) is 0 Å². The fourth-order valence-electron chi connectivity index (χ4n) is 2.09. The maximum absolute atomic E-state index is 13.1. The number of carbonyl (C=O) groups is 1. The van der Waals surface area contributed by atoms with Crippen molar-refractivity contribution >= 4 is 6.09 Å². The van der Waals surface area contributed by atoms with Crippen LogP contribution in [0.5, 0.6) is 0 Å². The van der Waals surface area contributed by atoms with Gasteiger partial charge in [-0.25, -0.2) is 9.18 Å². The predicted octanol–water partition coefficient (Wildman–Crippen LogP) is 3.95. The van der Waals surface area contributed by atoms with Crippen LogP contribution in [0.15, 0.2) is 24.3 Å². The van der Waals surface area contributed by atoms with Gasteiger partial charge in [0.05, 0.1) is 0 Å². The molecule has 1 amide bonds. The summed E-state index contributed by atoms with van der Waals surface area (Å²) in [6.45, 7) is 13.2. The minimum absolute atomic E-state index is 0.241. The molecule has 0 spiro atoms. The lowest BCUT2D eigenvalue weighted by Gasteiger charge is -2.36. The molecule has 0 radical (unpaired) electrons. The summed E-state index contributed by atoms with van der Waals surface area (Å²) >= 11 is 0. The quantitative estimate of drug-likeness (QED) is 0.834. The normalized spacial score (nSPS) is 12.1. The summed E-state index contributed by atoms with van der Waals surface area (Å²) in [5.74, 6) is -0.241. The van der Waals surface area contributed by atoms with Gasteiger partial charge in [0.1, 0.15) is 11.4 Å². The van der Waals surface area contributed by atoms with Crippen molar-refractivity contribution in [1.29, 1.82) is 0 Å². The molecule has 0 fully saturated rings. The van der Waals surface area contributed by atoms with E-state index in [2.05, 4.69) is 5.32 Å². The summed E-state index contributed by atoms with van der Waals surface area (Å²) < 4.78 is 18.6. The molecule has 23 heavy (non-hydrogen) atoms. The summed E-state index contributed by atoms with van der Waals surface area (Å²) in [5.41, 5.74) is 0.0305. The predicted molar refractivity (Wildman–Crippen MR) is 90.8 cm³/mol. The molecule has 5 heteroatoms. The molecule has 1 aromatic carbocycles. The summed E-state index contributed by atoms with van der Waals surface area (Å²) in [6.07, 6.45) is -0.322. The topological polar surface area (TPSA) is 41.6 Å². The highest BCUT2D eigenvalue weighted by Gasteiger charge is 2.30. The highest BCUT2D eigenvalue weighted by molar-refractivity contribution is 5.69. The number of nitrogens with one attached hydrogen (secondary N) is 1. The smallest absolute Gasteiger partial charge is 0.410 e. The van der Waals surface area contributed by atoms with Crippen molar-refractivity contribution in [1.82, 2.24) is 10.2 Å². The number of halogens is 1. The van der Waals surface area contributed by atoms with Gasteiger partial charge >= 0.3 is 6.09 Å². The van der Waals surface area contributed by atoms with Crippen molar-refractivity contribution in [2.45, 2.75) is 59.2 Å². The Hall–Kier alpha value is -1.62. The Balaban J connectivity index is 2.54. The highest BCUT2D eigenvalue weighted by Crippen LogP contribution is 2.18. The first-order valence-electron chi connectivity index (χ1n) is 7.95. The Kier molecular flexibility index (Phi) is 6.57. The van der Waals surface area contributed by atoms with E-state index in [1.165, 1.54) is 12.1 Å². The van der Waals surface area contributed by atoms with Crippen LogP contribution in [0.3, 0.4) is 0 Å². The molecule has 0 aromatic heterocycles. The number of ether oxygens (including phenoxy) is 1. The van der Waals surface area contributed by atoms with Crippen LogP contribution in [0.2, 0.25) is 0 Å². The van der Waals surface area contributed by atoms with Gasteiger partial charge in [-0.05, 0) is 59.2 Å². The van der Waals surface area contributed by atoms with Gasteiger partial charge in [-0.2, -0.15) is 0 Å². The van der Waals surface area contributed by atoms with E-state index in [9.17, 15) is 9.18 Å². The Morgan fingerprint density at radius 2 is 1.87 bits per heavy atom. The maximum atomic E-state index is 13.1. The average molecular weight is 324 g/mol. The molecule has 0 saturated heterocycles. The van der Waals surface area contributed by atoms with E-state index >= 15 is 0 Å². The van der Waals surface area contributed by atoms with Crippen LogP contribution < -0.4 is 5.32 Å². The van der Waals surface area contributed by atoms with Crippen molar-refractivity contribution in [3.8, 4) is 0 Å². The van der Waals surface area contributed by atoms with Gasteiger partial charge in [0.2, 0.25) is 0 Å². The molecule has 0 bridgehead atoms. The second-order valence-electron chi connectivity index (χ2n) is 7.61. The molecule has 0 heterocycles. The van der Waals surface area contributed by atoms with Gasteiger partial charge in [-0.3, -0.25) is 0 Å². The van der Waals surface area contributed by atoms with Gasteiger partial charge in [-0.1, -0.05) is 12.1 Å². The molecule has 0 unspecified atom stereocenters. The van der Waals surface area contributed by atoms with Crippen LogP contribution in [0, 0.1) is 5.82 Å². The third-order valence-corrected chi connectivity index (χ3v) is 3.15. The van der Waals surface area contributed by atoms with E-state index in [1.807, 2.05) is 47.6 Å². The van der Waals surface area contributed by atoms with Crippen LogP contribution in [-0.2, 0) is 11.3 Å². The zero-order valence-electron chi connectivity index (χ0n) is 15.1. The molecule has 0 aliphatic heterocycles. The minimum atomic E-state index is -0.518. The van der Waals surface area contributed by atoms with Crippen LogP contribution in [0.1, 0.15) is 47.1 Å². The van der Waals surface area contributed by atoms with Gasteiger partial charge in [0.25, 0.3) is 0 Å². The summed E-state index contributed by atoms with van der Waals surface area (Å²) in [4.78, 5) is 14.0. The average Bonchev–Trinajstić information content (AvgIpc) is 2.34. The van der Waals surface area contributed by atoms with E-state index in [1.54, 1.807) is 11.0 Å². The number of benzene rings is 1. The summed E-state index contributed by atoms with van der Waals surface area (Å²) in [5, 5.41) is 3.23. The molecule has 1 aromatic rings. The molecule has 0 aliphatic carbocycles. The molecular weight excluding hydrogens is 295 g/mol. The first-order chi connectivity index (χ1) is 10.5. The van der Waals surface area contributed by atoms with E-state index in [0.717, 1.165) is 5.56 Å². The Morgan fingerprint density at radius 3 is 2.39 bits per heavy atom. The number of amides is 1. The number of rotatable bonds is 5. The van der Waals surface area contributed by atoms with E-state index < -0.39 is 5.60 Å². The van der Waals surface area contributed by atoms with Crippen molar-refractivity contribution in [3.05, 3.63) is 35.6 Å². The second-order valence-corrected chi connectivity index (χ2v) is 7.61.